The van der Waals surface area contributed by atoms with E-state index in [4.69, 9.17) is 0 Å². The molecule has 1 heterocycles. The predicted octanol–water partition coefficient (Wildman–Crippen LogP) is 4.08. The molecule has 0 aliphatic heterocycles. The first-order valence-corrected chi connectivity index (χ1v) is 7.06. The van der Waals surface area contributed by atoms with E-state index < -0.39 is 0 Å². The number of benzene rings is 1. The Morgan fingerprint density at radius 1 is 1.05 bits per heavy atom. The monoisotopic (exact) mass is 270 g/mol. The van der Waals surface area contributed by atoms with Gasteiger partial charge < -0.3 is 10.6 Å². The summed E-state index contributed by atoms with van der Waals surface area (Å²) in [5.74, 6) is 2.92. The van der Waals surface area contributed by atoms with Crippen LogP contribution in [-0.4, -0.2) is 16.5 Å². The Kier molecular flexibility index (Phi) is 4.56. The lowest BCUT2D eigenvalue weighted by Crippen LogP contribution is -2.10. The molecular formula is C16H22N4. The molecule has 0 bridgehead atoms. The fourth-order valence-electron chi connectivity index (χ4n) is 1.91. The second-order valence-corrected chi connectivity index (χ2v) is 5.08. The molecule has 1 aromatic heterocycles. The molecule has 20 heavy (non-hydrogen) atoms. The van der Waals surface area contributed by atoms with Crippen LogP contribution in [0, 0.1) is 6.92 Å². The largest absolute Gasteiger partial charge is 0.370 e. The molecule has 0 unspecified atom stereocenters. The second-order valence-electron chi connectivity index (χ2n) is 5.08. The highest BCUT2D eigenvalue weighted by Gasteiger charge is 2.12. The normalized spacial score (nSPS) is 10.7. The summed E-state index contributed by atoms with van der Waals surface area (Å²) >= 11 is 0. The molecule has 0 saturated heterocycles. The van der Waals surface area contributed by atoms with E-state index >= 15 is 0 Å². The van der Waals surface area contributed by atoms with E-state index in [1.165, 1.54) is 0 Å². The van der Waals surface area contributed by atoms with Gasteiger partial charge in [0.1, 0.15) is 17.5 Å². The van der Waals surface area contributed by atoms with Gasteiger partial charge in [-0.25, -0.2) is 9.97 Å². The van der Waals surface area contributed by atoms with Gasteiger partial charge in [-0.05, 0) is 26.0 Å². The van der Waals surface area contributed by atoms with Gasteiger partial charge in [-0.1, -0.05) is 32.0 Å². The zero-order valence-electron chi connectivity index (χ0n) is 12.6. The third-order valence-electron chi connectivity index (χ3n) is 3.06. The Labute approximate surface area is 120 Å². The minimum absolute atomic E-state index is 0.296. The smallest absolute Gasteiger partial charge is 0.139 e. The highest BCUT2D eigenvalue weighted by atomic mass is 15.1. The van der Waals surface area contributed by atoms with Crippen molar-refractivity contribution in [3.8, 4) is 0 Å². The van der Waals surface area contributed by atoms with Gasteiger partial charge in [-0.15, -0.1) is 0 Å². The van der Waals surface area contributed by atoms with E-state index in [1.54, 1.807) is 0 Å². The maximum Gasteiger partial charge on any atom is 0.139 e. The minimum atomic E-state index is 0.296. The Morgan fingerprint density at radius 3 is 2.30 bits per heavy atom. The molecule has 106 valence electrons. The summed E-state index contributed by atoms with van der Waals surface area (Å²) in [5.41, 5.74) is 2.08. The van der Waals surface area contributed by atoms with E-state index in [1.807, 2.05) is 37.3 Å². The first-order valence-electron chi connectivity index (χ1n) is 7.06. The average molecular weight is 270 g/mol. The van der Waals surface area contributed by atoms with Crippen LogP contribution in [0.25, 0.3) is 0 Å². The van der Waals surface area contributed by atoms with Crippen LogP contribution in [0.1, 0.15) is 38.1 Å². The van der Waals surface area contributed by atoms with E-state index in [0.717, 1.165) is 35.3 Å². The van der Waals surface area contributed by atoms with Crippen molar-refractivity contribution in [1.82, 2.24) is 9.97 Å². The molecule has 0 fully saturated rings. The molecule has 2 N–H and O–H groups in total. The van der Waals surface area contributed by atoms with E-state index in [2.05, 4.69) is 41.4 Å². The Morgan fingerprint density at radius 2 is 1.70 bits per heavy atom. The van der Waals surface area contributed by atoms with Crippen molar-refractivity contribution in [3.05, 3.63) is 41.7 Å². The van der Waals surface area contributed by atoms with Crippen molar-refractivity contribution in [1.29, 1.82) is 0 Å². The number of para-hydroxylation sites is 1. The average Bonchev–Trinajstić information content (AvgIpc) is 2.44. The lowest BCUT2D eigenvalue weighted by Gasteiger charge is -2.16. The maximum atomic E-state index is 4.65. The lowest BCUT2D eigenvalue weighted by atomic mass is 10.2. The Balaban J connectivity index is 2.40. The fraction of sp³-hybridized carbons (Fsp3) is 0.375. The van der Waals surface area contributed by atoms with Crippen molar-refractivity contribution < 1.29 is 0 Å². The van der Waals surface area contributed by atoms with Crippen LogP contribution >= 0.6 is 0 Å². The molecule has 2 rings (SSSR count). The molecule has 0 radical (unpaired) electrons. The van der Waals surface area contributed by atoms with E-state index in [-0.39, 0.29) is 0 Å². The molecule has 0 amide bonds. The van der Waals surface area contributed by atoms with E-state index in [9.17, 15) is 0 Å². The van der Waals surface area contributed by atoms with Crippen LogP contribution in [0.2, 0.25) is 0 Å². The van der Waals surface area contributed by atoms with Crippen LogP contribution in [-0.2, 0) is 0 Å². The Bertz CT molecular complexity index is 564. The van der Waals surface area contributed by atoms with Crippen LogP contribution in [0.4, 0.5) is 17.3 Å². The molecule has 0 atom stereocenters. The fourth-order valence-corrected chi connectivity index (χ4v) is 1.91. The summed E-state index contributed by atoms with van der Waals surface area (Å²) in [4.78, 5) is 9.25. The van der Waals surface area contributed by atoms with Gasteiger partial charge in [0.05, 0.1) is 0 Å². The van der Waals surface area contributed by atoms with Crippen LogP contribution in [0.15, 0.2) is 30.3 Å². The summed E-state index contributed by atoms with van der Waals surface area (Å²) < 4.78 is 0. The molecule has 0 aliphatic rings. The van der Waals surface area contributed by atoms with Crippen molar-refractivity contribution in [2.24, 2.45) is 0 Å². The quantitative estimate of drug-likeness (QED) is 0.859. The molecular weight excluding hydrogens is 248 g/mol. The van der Waals surface area contributed by atoms with E-state index in [0.29, 0.717) is 5.92 Å². The van der Waals surface area contributed by atoms with Crippen molar-refractivity contribution >= 4 is 17.3 Å². The van der Waals surface area contributed by atoms with Gasteiger partial charge in [0, 0.05) is 23.7 Å². The first kappa shape index (κ1) is 14.3. The van der Waals surface area contributed by atoms with Gasteiger partial charge in [-0.2, -0.15) is 0 Å². The van der Waals surface area contributed by atoms with Crippen LogP contribution in [0.3, 0.4) is 0 Å². The summed E-state index contributed by atoms with van der Waals surface area (Å²) in [6.45, 7) is 9.16. The number of rotatable bonds is 5. The number of hydrogen-bond acceptors (Lipinski definition) is 4. The van der Waals surface area contributed by atoms with Crippen molar-refractivity contribution in [3.63, 3.8) is 0 Å². The molecule has 4 nitrogen and oxygen atoms in total. The zero-order chi connectivity index (χ0) is 14.5. The van der Waals surface area contributed by atoms with Gasteiger partial charge in [0.2, 0.25) is 0 Å². The maximum absolute atomic E-state index is 4.65. The topological polar surface area (TPSA) is 49.8 Å². The molecule has 0 aliphatic carbocycles. The SMILES string of the molecule is CCNc1nc(C(C)C)nc(Nc2ccccc2)c1C. The van der Waals surface area contributed by atoms with Gasteiger partial charge in [-0.3, -0.25) is 0 Å². The highest BCUT2D eigenvalue weighted by Crippen LogP contribution is 2.25. The lowest BCUT2D eigenvalue weighted by molar-refractivity contribution is 0.774. The summed E-state index contributed by atoms with van der Waals surface area (Å²) in [6.07, 6.45) is 0. The third-order valence-corrected chi connectivity index (χ3v) is 3.06. The number of hydrogen-bond donors (Lipinski definition) is 2. The number of aromatic nitrogens is 2. The number of nitrogens with one attached hydrogen (secondary N) is 2. The number of nitrogens with zero attached hydrogens (tertiary/aromatic N) is 2. The summed E-state index contributed by atoms with van der Waals surface area (Å²) in [7, 11) is 0. The number of anilines is 3. The molecule has 1 aromatic carbocycles. The van der Waals surface area contributed by atoms with Gasteiger partial charge >= 0.3 is 0 Å². The van der Waals surface area contributed by atoms with Crippen LogP contribution < -0.4 is 10.6 Å². The standard InChI is InChI=1S/C16H22N4/c1-5-17-15-12(4)16(20-14(19-15)11(2)3)18-13-9-7-6-8-10-13/h6-11H,5H2,1-4H3,(H2,17,18,19,20). The Hall–Kier alpha value is -2.10. The minimum Gasteiger partial charge on any atom is -0.370 e. The summed E-state index contributed by atoms with van der Waals surface area (Å²) in [5, 5.41) is 6.68. The molecule has 2 aromatic rings. The zero-order valence-corrected chi connectivity index (χ0v) is 12.6. The first-order chi connectivity index (χ1) is 9.61. The third kappa shape index (κ3) is 3.26. The molecule has 0 saturated carbocycles. The molecule has 4 heteroatoms. The van der Waals surface area contributed by atoms with Crippen molar-refractivity contribution in [2.75, 3.05) is 17.2 Å². The molecule has 0 spiro atoms. The second kappa shape index (κ2) is 6.37. The predicted molar refractivity (Wildman–Crippen MR) is 84.7 cm³/mol. The van der Waals surface area contributed by atoms with Gasteiger partial charge in [0.15, 0.2) is 0 Å². The van der Waals surface area contributed by atoms with Crippen LogP contribution in [0.5, 0.6) is 0 Å². The summed E-state index contributed by atoms with van der Waals surface area (Å²) in [6, 6.07) is 10.1. The van der Waals surface area contributed by atoms with Gasteiger partial charge in [0.25, 0.3) is 0 Å². The highest BCUT2D eigenvalue weighted by molar-refractivity contribution is 5.64. The van der Waals surface area contributed by atoms with Crippen molar-refractivity contribution in [2.45, 2.75) is 33.6 Å².